The largest absolute Gasteiger partial charge is 0.491 e. The molecule has 0 fully saturated rings. The SMILES string of the molecule is Cc1cc(OCC(C)N=O)ccc1F. The topological polar surface area (TPSA) is 38.7 Å². The first kappa shape index (κ1) is 10.6. The van der Waals surface area contributed by atoms with E-state index in [0.717, 1.165) is 0 Å². The van der Waals surface area contributed by atoms with Gasteiger partial charge in [-0.2, -0.15) is 4.91 Å². The van der Waals surface area contributed by atoms with Crippen molar-refractivity contribution in [1.29, 1.82) is 0 Å². The van der Waals surface area contributed by atoms with Crippen molar-refractivity contribution in [2.24, 2.45) is 5.18 Å². The zero-order chi connectivity index (χ0) is 10.6. The molecule has 1 aromatic rings. The zero-order valence-corrected chi connectivity index (χ0v) is 8.16. The normalized spacial score (nSPS) is 12.2. The highest BCUT2D eigenvalue weighted by Crippen LogP contribution is 2.16. The maximum atomic E-state index is 12.8. The standard InChI is InChI=1S/C10H12FNO2/c1-7-5-9(3-4-10(7)11)14-6-8(2)12-13/h3-5,8H,6H2,1-2H3. The minimum Gasteiger partial charge on any atom is -0.491 e. The molecule has 1 aromatic carbocycles. The molecular weight excluding hydrogens is 185 g/mol. The third-order valence-corrected chi connectivity index (χ3v) is 1.80. The van der Waals surface area contributed by atoms with Gasteiger partial charge in [0, 0.05) is 0 Å². The van der Waals surface area contributed by atoms with E-state index < -0.39 is 0 Å². The van der Waals surface area contributed by atoms with Crippen LogP contribution in [0.4, 0.5) is 4.39 Å². The molecule has 4 heteroatoms. The maximum Gasteiger partial charge on any atom is 0.126 e. The van der Waals surface area contributed by atoms with Crippen LogP contribution in [-0.4, -0.2) is 12.6 Å². The van der Waals surface area contributed by atoms with E-state index in [1.54, 1.807) is 19.9 Å². The van der Waals surface area contributed by atoms with Gasteiger partial charge in [0.25, 0.3) is 0 Å². The first-order valence-corrected chi connectivity index (χ1v) is 4.35. The van der Waals surface area contributed by atoms with Crippen molar-refractivity contribution in [3.05, 3.63) is 34.5 Å². The quantitative estimate of drug-likeness (QED) is 0.696. The van der Waals surface area contributed by atoms with E-state index in [-0.39, 0.29) is 18.5 Å². The Morgan fingerprint density at radius 3 is 2.86 bits per heavy atom. The Balaban J connectivity index is 2.59. The fourth-order valence-corrected chi connectivity index (χ4v) is 0.954. The molecule has 0 spiro atoms. The summed E-state index contributed by atoms with van der Waals surface area (Å²) in [4.78, 5) is 10.1. The summed E-state index contributed by atoms with van der Waals surface area (Å²) in [5.41, 5.74) is 0.522. The van der Waals surface area contributed by atoms with E-state index in [0.29, 0.717) is 11.3 Å². The van der Waals surface area contributed by atoms with Crippen LogP contribution >= 0.6 is 0 Å². The number of benzene rings is 1. The van der Waals surface area contributed by atoms with Crippen molar-refractivity contribution in [1.82, 2.24) is 0 Å². The summed E-state index contributed by atoms with van der Waals surface area (Å²) in [5.74, 6) is 0.290. The van der Waals surface area contributed by atoms with Gasteiger partial charge in [-0.3, -0.25) is 0 Å². The lowest BCUT2D eigenvalue weighted by atomic mass is 10.2. The average molecular weight is 197 g/mol. The second-order valence-electron chi connectivity index (χ2n) is 3.18. The van der Waals surface area contributed by atoms with Gasteiger partial charge in [0.1, 0.15) is 24.2 Å². The molecule has 1 unspecified atom stereocenters. The van der Waals surface area contributed by atoms with Crippen molar-refractivity contribution < 1.29 is 9.13 Å². The van der Waals surface area contributed by atoms with Crippen molar-refractivity contribution in [2.75, 3.05) is 6.61 Å². The Bertz CT molecular complexity index is 328. The van der Waals surface area contributed by atoms with Crippen LogP contribution in [0.5, 0.6) is 5.75 Å². The van der Waals surface area contributed by atoms with Gasteiger partial charge in [-0.15, -0.1) is 0 Å². The van der Waals surface area contributed by atoms with Crippen LogP contribution in [-0.2, 0) is 0 Å². The summed E-state index contributed by atoms with van der Waals surface area (Å²) < 4.78 is 18.1. The first-order valence-electron chi connectivity index (χ1n) is 4.35. The minimum atomic E-state index is -0.389. The Hall–Kier alpha value is -1.45. The van der Waals surface area contributed by atoms with Crippen LogP contribution in [0, 0.1) is 17.6 Å². The number of nitroso groups, excluding NO2 is 1. The summed E-state index contributed by atoms with van der Waals surface area (Å²) in [7, 11) is 0. The highest BCUT2D eigenvalue weighted by atomic mass is 19.1. The number of hydrogen-bond acceptors (Lipinski definition) is 3. The molecule has 0 saturated heterocycles. The van der Waals surface area contributed by atoms with E-state index in [1.807, 2.05) is 0 Å². The Kier molecular flexibility index (Phi) is 3.56. The average Bonchev–Trinajstić information content (AvgIpc) is 2.19. The van der Waals surface area contributed by atoms with Gasteiger partial charge < -0.3 is 4.74 Å². The fourth-order valence-electron chi connectivity index (χ4n) is 0.954. The van der Waals surface area contributed by atoms with E-state index in [9.17, 15) is 9.30 Å². The predicted molar refractivity (Wildman–Crippen MR) is 51.9 cm³/mol. The molecule has 3 nitrogen and oxygen atoms in total. The smallest absolute Gasteiger partial charge is 0.126 e. The number of aryl methyl sites for hydroxylation is 1. The Morgan fingerprint density at radius 1 is 1.57 bits per heavy atom. The van der Waals surface area contributed by atoms with Crippen molar-refractivity contribution in [2.45, 2.75) is 19.9 Å². The number of hydrogen-bond donors (Lipinski definition) is 0. The lowest BCUT2D eigenvalue weighted by molar-refractivity contribution is 0.295. The van der Waals surface area contributed by atoms with Gasteiger partial charge in [-0.25, -0.2) is 4.39 Å². The number of nitrogens with zero attached hydrogens (tertiary/aromatic N) is 1. The molecule has 0 amide bonds. The molecule has 0 saturated carbocycles. The van der Waals surface area contributed by atoms with E-state index in [2.05, 4.69) is 5.18 Å². The molecule has 0 N–H and O–H groups in total. The second kappa shape index (κ2) is 4.69. The van der Waals surface area contributed by atoms with E-state index in [4.69, 9.17) is 4.74 Å². The van der Waals surface area contributed by atoms with Gasteiger partial charge in [-0.1, -0.05) is 5.18 Å². The third-order valence-electron chi connectivity index (χ3n) is 1.80. The van der Waals surface area contributed by atoms with Gasteiger partial charge in [-0.05, 0) is 37.6 Å². The molecule has 0 radical (unpaired) electrons. The minimum absolute atomic E-state index is 0.217. The van der Waals surface area contributed by atoms with Crippen LogP contribution in [0.25, 0.3) is 0 Å². The highest BCUT2D eigenvalue weighted by molar-refractivity contribution is 5.28. The molecule has 14 heavy (non-hydrogen) atoms. The number of halogens is 1. The van der Waals surface area contributed by atoms with Gasteiger partial charge in [0.05, 0.1) is 0 Å². The fraction of sp³-hybridized carbons (Fsp3) is 0.400. The second-order valence-corrected chi connectivity index (χ2v) is 3.18. The maximum absolute atomic E-state index is 12.8. The molecule has 76 valence electrons. The van der Waals surface area contributed by atoms with Crippen molar-refractivity contribution in [3.8, 4) is 5.75 Å². The van der Waals surface area contributed by atoms with Crippen LogP contribution in [0.2, 0.25) is 0 Å². The van der Waals surface area contributed by atoms with Crippen molar-refractivity contribution in [3.63, 3.8) is 0 Å². The molecule has 0 aliphatic heterocycles. The molecular formula is C10H12FNO2. The first-order chi connectivity index (χ1) is 6.63. The molecule has 0 heterocycles. The van der Waals surface area contributed by atoms with Crippen molar-refractivity contribution >= 4 is 0 Å². The summed E-state index contributed by atoms with van der Waals surface area (Å²) >= 11 is 0. The molecule has 0 bridgehead atoms. The number of rotatable bonds is 4. The number of ether oxygens (including phenoxy) is 1. The molecule has 0 aliphatic carbocycles. The van der Waals surface area contributed by atoms with Gasteiger partial charge >= 0.3 is 0 Å². The zero-order valence-electron chi connectivity index (χ0n) is 8.16. The van der Waals surface area contributed by atoms with Crippen LogP contribution in [0.1, 0.15) is 12.5 Å². The monoisotopic (exact) mass is 197 g/mol. The Morgan fingerprint density at radius 2 is 2.29 bits per heavy atom. The van der Waals surface area contributed by atoms with E-state index >= 15 is 0 Å². The summed E-state index contributed by atoms with van der Waals surface area (Å²) in [6, 6.07) is 4.07. The summed E-state index contributed by atoms with van der Waals surface area (Å²) in [5, 5.41) is 2.79. The van der Waals surface area contributed by atoms with Crippen LogP contribution in [0.3, 0.4) is 0 Å². The lowest BCUT2D eigenvalue weighted by Crippen LogP contribution is -2.10. The van der Waals surface area contributed by atoms with Gasteiger partial charge in [0.15, 0.2) is 0 Å². The summed E-state index contributed by atoms with van der Waals surface area (Å²) in [6.45, 7) is 3.53. The van der Waals surface area contributed by atoms with Crippen LogP contribution < -0.4 is 4.74 Å². The molecule has 1 rings (SSSR count). The van der Waals surface area contributed by atoms with Crippen LogP contribution in [0.15, 0.2) is 23.4 Å². The highest BCUT2D eigenvalue weighted by Gasteiger charge is 2.03. The third kappa shape index (κ3) is 2.80. The Labute approximate surface area is 81.9 Å². The van der Waals surface area contributed by atoms with Gasteiger partial charge in [0.2, 0.25) is 0 Å². The molecule has 1 atom stereocenters. The summed E-state index contributed by atoms with van der Waals surface area (Å²) in [6.07, 6.45) is 0. The predicted octanol–water partition coefficient (Wildman–Crippen LogP) is 2.67. The van der Waals surface area contributed by atoms with E-state index in [1.165, 1.54) is 12.1 Å². The molecule has 0 aromatic heterocycles. The lowest BCUT2D eigenvalue weighted by Gasteiger charge is -2.07. The molecule has 0 aliphatic rings.